The highest BCUT2D eigenvalue weighted by Crippen LogP contribution is 2.51. The lowest BCUT2D eigenvalue weighted by Crippen LogP contribution is -2.45. The third-order valence-corrected chi connectivity index (χ3v) is 8.65. The summed E-state index contributed by atoms with van der Waals surface area (Å²) < 4.78 is 0. The Morgan fingerprint density at radius 2 is 1.29 bits per heavy atom. The lowest BCUT2D eigenvalue weighted by atomic mass is 9.90. The van der Waals surface area contributed by atoms with Crippen LogP contribution in [0.5, 0.6) is 0 Å². The van der Waals surface area contributed by atoms with Crippen LogP contribution in [0.25, 0.3) is 0 Å². The zero-order valence-corrected chi connectivity index (χ0v) is 20.0. The van der Waals surface area contributed by atoms with Crippen LogP contribution in [0.1, 0.15) is 86.7 Å². The number of hydrogen-bond acceptors (Lipinski definition) is 2. The molecule has 5 rings (SSSR count). The van der Waals surface area contributed by atoms with E-state index in [1.807, 2.05) is 0 Å². The van der Waals surface area contributed by atoms with Crippen LogP contribution in [0.4, 0.5) is 5.69 Å². The number of nitrogens with zero attached hydrogens (tertiary/aromatic N) is 2. The molecule has 0 aromatic heterocycles. The van der Waals surface area contributed by atoms with Gasteiger partial charge in [-0.05, 0) is 87.6 Å². The summed E-state index contributed by atoms with van der Waals surface area (Å²) in [7, 11) is 0. The maximum Gasteiger partial charge on any atom is 0.110 e. The number of rotatable bonds is 4. The fraction of sp³-hybridized carbons (Fsp3) is 0.586. The van der Waals surface area contributed by atoms with E-state index < -0.39 is 0 Å². The van der Waals surface area contributed by atoms with E-state index in [4.69, 9.17) is 0 Å². The summed E-state index contributed by atoms with van der Waals surface area (Å²) in [6.07, 6.45) is 11.6. The van der Waals surface area contributed by atoms with E-state index in [2.05, 4.69) is 80.0 Å². The van der Waals surface area contributed by atoms with Gasteiger partial charge in [0.25, 0.3) is 0 Å². The summed E-state index contributed by atoms with van der Waals surface area (Å²) in [4.78, 5) is 5.86. The molecule has 0 spiro atoms. The summed E-state index contributed by atoms with van der Waals surface area (Å²) in [5, 5.41) is 0. The van der Waals surface area contributed by atoms with Crippen molar-refractivity contribution < 1.29 is 0 Å². The van der Waals surface area contributed by atoms with Gasteiger partial charge in [0, 0.05) is 23.8 Å². The minimum absolute atomic E-state index is 0.353. The molecule has 2 aliphatic carbocycles. The quantitative estimate of drug-likeness (QED) is 0.515. The van der Waals surface area contributed by atoms with Crippen molar-refractivity contribution >= 4 is 5.69 Å². The van der Waals surface area contributed by atoms with Crippen LogP contribution in [0, 0.1) is 26.7 Å². The largest absolute Gasteiger partial charge is 0.347 e. The molecule has 3 aliphatic rings. The summed E-state index contributed by atoms with van der Waals surface area (Å²) in [6, 6.07) is 17.9. The highest BCUT2D eigenvalue weighted by atomic mass is 15.5. The van der Waals surface area contributed by atoms with E-state index in [1.54, 1.807) is 5.56 Å². The van der Waals surface area contributed by atoms with Crippen molar-refractivity contribution in [2.75, 3.05) is 4.90 Å². The molecule has 2 aromatic rings. The Labute approximate surface area is 189 Å². The zero-order chi connectivity index (χ0) is 21.5. The highest BCUT2D eigenvalue weighted by molar-refractivity contribution is 5.58. The van der Waals surface area contributed by atoms with Gasteiger partial charge in [-0.2, -0.15) is 0 Å². The number of anilines is 1. The van der Waals surface area contributed by atoms with Gasteiger partial charge >= 0.3 is 0 Å². The number of aryl methyl sites for hydroxylation is 3. The Morgan fingerprint density at radius 3 is 1.94 bits per heavy atom. The van der Waals surface area contributed by atoms with Gasteiger partial charge in [0.2, 0.25) is 0 Å². The van der Waals surface area contributed by atoms with Gasteiger partial charge in [-0.1, -0.05) is 62.1 Å². The Bertz CT molecular complexity index is 886. The van der Waals surface area contributed by atoms with Crippen LogP contribution in [0.3, 0.4) is 0 Å². The summed E-state index contributed by atoms with van der Waals surface area (Å²) in [5.41, 5.74) is 7.30. The normalized spacial score (nSPS) is 28.1. The maximum atomic E-state index is 3.04. The SMILES string of the molecule is Cc1ccccc1N1C(c2c(C)cccc2C)N(C2CCCC2)C(C2CCCC2)[C@@H]1C. The molecule has 2 heteroatoms. The molecule has 2 nitrogen and oxygen atoms in total. The lowest BCUT2D eigenvalue weighted by Gasteiger charge is -2.40. The van der Waals surface area contributed by atoms with Crippen molar-refractivity contribution in [1.82, 2.24) is 4.90 Å². The Balaban J connectivity index is 1.70. The second-order valence-electron chi connectivity index (χ2n) is 10.5. The predicted octanol–water partition coefficient (Wildman–Crippen LogP) is 7.32. The highest BCUT2D eigenvalue weighted by Gasteiger charge is 2.52. The number of hydrogen-bond donors (Lipinski definition) is 0. The van der Waals surface area contributed by atoms with Crippen LogP contribution < -0.4 is 4.90 Å². The van der Waals surface area contributed by atoms with Gasteiger partial charge in [-0.15, -0.1) is 0 Å². The fourth-order valence-corrected chi connectivity index (χ4v) is 7.25. The first kappa shape index (κ1) is 21.1. The summed E-state index contributed by atoms with van der Waals surface area (Å²) in [6.45, 7) is 9.50. The number of benzene rings is 2. The van der Waals surface area contributed by atoms with E-state index in [9.17, 15) is 0 Å². The van der Waals surface area contributed by atoms with Gasteiger partial charge in [0.15, 0.2) is 0 Å². The molecule has 2 unspecified atom stereocenters. The van der Waals surface area contributed by atoms with Gasteiger partial charge in [0.05, 0.1) is 0 Å². The second kappa shape index (κ2) is 8.62. The van der Waals surface area contributed by atoms with E-state index in [0.717, 1.165) is 12.0 Å². The minimum atomic E-state index is 0.353. The van der Waals surface area contributed by atoms with E-state index >= 15 is 0 Å². The van der Waals surface area contributed by atoms with Crippen molar-refractivity contribution in [3.8, 4) is 0 Å². The molecule has 31 heavy (non-hydrogen) atoms. The molecule has 0 bridgehead atoms. The molecule has 2 saturated carbocycles. The van der Waals surface area contributed by atoms with Crippen LogP contribution in [-0.4, -0.2) is 23.0 Å². The maximum absolute atomic E-state index is 3.04. The molecule has 1 heterocycles. The first-order valence-electron chi connectivity index (χ1n) is 12.8. The molecule has 2 aromatic carbocycles. The molecular formula is C29H40N2. The van der Waals surface area contributed by atoms with Crippen molar-refractivity contribution in [2.45, 2.75) is 103 Å². The Morgan fingerprint density at radius 1 is 0.710 bits per heavy atom. The summed E-state index contributed by atoms with van der Waals surface area (Å²) >= 11 is 0. The van der Waals surface area contributed by atoms with Crippen molar-refractivity contribution in [1.29, 1.82) is 0 Å². The monoisotopic (exact) mass is 416 g/mol. The van der Waals surface area contributed by atoms with E-state index in [-0.39, 0.29) is 0 Å². The molecule has 1 aliphatic heterocycles. The standard InChI is InChI=1S/C29H40N2/c1-20-12-5-10-19-26(20)30-23(4)28(24-15-6-7-16-24)31(25-17-8-9-18-25)29(30)27-21(2)13-11-14-22(27)3/h5,10-14,19,23-25,28-29H,6-9,15-18H2,1-4H3/t23-,28?,29?/m0/s1. The molecule has 0 N–H and O–H groups in total. The molecule has 3 fully saturated rings. The second-order valence-corrected chi connectivity index (χ2v) is 10.5. The summed E-state index contributed by atoms with van der Waals surface area (Å²) in [5.74, 6) is 0.844. The van der Waals surface area contributed by atoms with Crippen molar-refractivity contribution in [3.63, 3.8) is 0 Å². The third kappa shape index (κ3) is 3.61. The van der Waals surface area contributed by atoms with Crippen molar-refractivity contribution in [3.05, 3.63) is 64.7 Å². The lowest BCUT2D eigenvalue weighted by molar-refractivity contribution is 0.0912. The zero-order valence-electron chi connectivity index (χ0n) is 20.0. The number of para-hydroxylation sites is 1. The van der Waals surface area contributed by atoms with Crippen LogP contribution in [0.15, 0.2) is 42.5 Å². The Hall–Kier alpha value is -1.80. The minimum Gasteiger partial charge on any atom is -0.347 e. The smallest absolute Gasteiger partial charge is 0.110 e. The van der Waals surface area contributed by atoms with E-state index in [0.29, 0.717) is 18.2 Å². The van der Waals surface area contributed by atoms with Crippen LogP contribution >= 0.6 is 0 Å². The molecule has 3 atom stereocenters. The first-order valence-corrected chi connectivity index (χ1v) is 12.8. The van der Waals surface area contributed by atoms with Gasteiger partial charge in [-0.25, -0.2) is 0 Å². The van der Waals surface area contributed by atoms with Gasteiger partial charge in [0.1, 0.15) is 6.17 Å². The molecular weight excluding hydrogens is 376 g/mol. The predicted molar refractivity (Wildman–Crippen MR) is 132 cm³/mol. The molecule has 166 valence electrons. The van der Waals surface area contributed by atoms with Gasteiger partial charge in [-0.3, -0.25) is 4.90 Å². The fourth-order valence-electron chi connectivity index (χ4n) is 7.25. The third-order valence-electron chi connectivity index (χ3n) is 8.65. The average molecular weight is 417 g/mol. The first-order chi connectivity index (χ1) is 15.1. The van der Waals surface area contributed by atoms with Gasteiger partial charge < -0.3 is 4.90 Å². The molecule has 0 radical (unpaired) electrons. The van der Waals surface area contributed by atoms with E-state index in [1.165, 1.54) is 73.7 Å². The Kier molecular flexibility index (Phi) is 5.86. The van der Waals surface area contributed by atoms with Crippen LogP contribution in [-0.2, 0) is 0 Å². The van der Waals surface area contributed by atoms with Crippen LogP contribution in [0.2, 0.25) is 0 Å². The topological polar surface area (TPSA) is 6.48 Å². The van der Waals surface area contributed by atoms with Crippen molar-refractivity contribution in [2.24, 2.45) is 5.92 Å². The molecule has 0 amide bonds. The molecule has 1 saturated heterocycles. The average Bonchev–Trinajstić information content (AvgIpc) is 3.49.